The number of aromatic nitrogens is 2. The van der Waals surface area contributed by atoms with E-state index in [1.165, 1.54) is 6.07 Å². The van der Waals surface area contributed by atoms with Crippen molar-refractivity contribution in [2.75, 3.05) is 19.8 Å². The van der Waals surface area contributed by atoms with Gasteiger partial charge in [-0.2, -0.15) is 4.98 Å². The van der Waals surface area contributed by atoms with Crippen LogP contribution in [0, 0.1) is 0 Å². The van der Waals surface area contributed by atoms with Crippen LogP contribution in [-0.2, 0) is 24.3 Å². The van der Waals surface area contributed by atoms with Gasteiger partial charge in [0.25, 0.3) is 5.95 Å². The predicted molar refractivity (Wildman–Crippen MR) is 140 cm³/mol. The van der Waals surface area contributed by atoms with E-state index in [0.717, 1.165) is 16.8 Å². The van der Waals surface area contributed by atoms with E-state index in [4.69, 9.17) is 32.8 Å². The maximum Gasteiger partial charge on any atom is 0.516 e. The molecule has 2 aliphatic heterocycles. The van der Waals surface area contributed by atoms with Crippen LogP contribution in [0.3, 0.4) is 0 Å². The zero-order valence-electron chi connectivity index (χ0n) is 21.7. The van der Waals surface area contributed by atoms with Crippen molar-refractivity contribution in [2.24, 2.45) is 0 Å². The average molecular weight is 547 g/mol. The topological polar surface area (TPSA) is 120 Å². The highest BCUT2D eigenvalue weighted by Gasteiger charge is 2.23. The van der Waals surface area contributed by atoms with Gasteiger partial charge in [-0.15, -0.1) is 0 Å². The predicted octanol–water partition coefficient (Wildman–Crippen LogP) is 4.39. The van der Waals surface area contributed by atoms with Crippen LogP contribution in [-0.4, -0.2) is 41.6 Å². The van der Waals surface area contributed by atoms with Crippen molar-refractivity contribution >= 4 is 6.16 Å². The molecule has 0 spiro atoms. The summed E-state index contributed by atoms with van der Waals surface area (Å²) < 4.78 is 40.2. The summed E-state index contributed by atoms with van der Waals surface area (Å²) in [5.41, 5.74) is 2.28. The Morgan fingerprint density at radius 3 is 2.83 bits per heavy atom. The van der Waals surface area contributed by atoms with Gasteiger partial charge in [0.2, 0.25) is 5.88 Å². The van der Waals surface area contributed by atoms with E-state index >= 15 is 0 Å². The Hall–Kier alpha value is -4.93. The summed E-state index contributed by atoms with van der Waals surface area (Å²) in [5, 5.41) is 0. The van der Waals surface area contributed by atoms with Crippen LogP contribution >= 0.6 is 0 Å². The summed E-state index contributed by atoms with van der Waals surface area (Å²) in [6, 6.07) is 18.1. The number of para-hydroxylation sites is 2. The number of hydrogen-bond donors (Lipinski definition) is 0. The van der Waals surface area contributed by atoms with Gasteiger partial charge in [-0.05, 0) is 55.3 Å². The number of rotatable bonds is 8. The average Bonchev–Trinajstić information content (AvgIpc) is 3.41. The molecule has 11 heteroatoms. The van der Waals surface area contributed by atoms with Crippen molar-refractivity contribution in [3.05, 3.63) is 82.5 Å². The van der Waals surface area contributed by atoms with Crippen LogP contribution in [0.25, 0.3) is 11.3 Å². The summed E-state index contributed by atoms with van der Waals surface area (Å²) in [6.45, 7) is 3.04. The summed E-state index contributed by atoms with van der Waals surface area (Å²) in [5.74, 6) is 2.73. The minimum Gasteiger partial charge on any atom is -0.486 e. The minimum absolute atomic E-state index is 0.0311. The molecule has 40 heavy (non-hydrogen) atoms. The molecule has 2 aromatic carbocycles. The minimum atomic E-state index is -0.829. The molecule has 0 saturated carbocycles. The standard InChI is InChI=1S/C29H26N2O9/c1-2-34-29(33)40-27-10-8-20(39-27)15-35-19-7-9-22-18(13-19)11-12-31-23(22)14-26(30-28(31)32)37-17-21-16-36-24-5-3-4-6-25(24)38-21/h3-10,13-14,21H,2,11-12,15-17H2,1H3. The first-order chi connectivity index (χ1) is 19.6. The van der Waals surface area contributed by atoms with Crippen molar-refractivity contribution < 1.29 is 37.6 Å². The van der Waals surface area contributed by atoms with Gasteiger partial charge in [0, 0.05) is 24.2 Å². The van der Waals surface area contributed by atoms with E-state index in [2.05, 4.69) is 4.98 Å². The largest absolute Gasteiger partial charge is 0.516 e. The fraction of sp³-hybridized carbons (Fsp3) is 0.276. The number of fused-ring (bicyclic) bond motifs is 4. The number of ether oxygens (including phenoxy) is 6. The Kier molecular flexibility index (Phi) is 7.00. The molecule has 2 aliphatic rings. The molecule has 0 N–H and O–H groups in total. The third-order valence-electron chi connectivity index (χ3n) is 6.39. The maximum atomic E-state index is 12.8. The van der Waals surface area contributed by atoms with E-state index in [9.17, 15) is 9.59 Å². The number of carbonyl (C=O) groups excluding carboxylic acids is 1. The molecule has 1 unspecified atom stereocenters. The number of nitrogens with zero attached hydrogens (tertiary/aromatic N) is 2. The molecule has 11 nitrogen and oxygen atoms in total. The normalized spacial score (nSPS) is 15.0. The van der Waals surface area contributed by atoms with Gasteiger partial charge in [0.05, 0.1) is 12.3 Å². The highest BCUT2D eigenvalue weighted by atomic mass is 16.8. The first-order valence-corrected chi connectivity index (χ1v) is 12.9. The number of aryl methyl sites for hydroxylation is 1. The smallest absolute Gasteiger partial charge is 0.486 e. The second-order valence-corrected chi connectivity index (χ2v) is 9.09. The van der Waals surface area contributed by atoms with Crippen LogP contribution in [0.1, 0.15) is 18.2 Å². The van der Waals surface area contributed by atoms with Crippen molar-refractivity contribution in [2.45, 2.75) is 32.6 Å². The van der Waals surface area contributed by atoms with Crippen molar-refractivity contribution in [3.8, 4) is 40.3 Å². The lowest BCUT2D eigenvalue weighted by Crippen LogP contribution is -2.35. The molecule has 0 amide bonds. The molecule has 4 aromatic rings. The number of benzene rings is 2. The van der Waals surface area contributed by atoms with E-state index in [-0.39, 0.29) is 43.4 Å². The van der Waals surface area contributed by atoms with Gasteiger partial charge >= 0.3 is 11.8 Å². The third kappa shape index (κ3) is 5.44. The first kappa shape index (κ1) is 25.4. The van der Waals surface area contributed by atoms with Crippen molar-refractivity contribution in [1.82, 2.24) is 9.55 Å². The quantitative estimate of drug-likeness (QED) is 0.294. The highest BCUT2D eigenvalue weighted by Crippen LogP contribution is 2.34. The molecule has 0 saturated heterocycles. The lowest BCUT2D eigenvalue weighted by Gasteiger charge is -2.26. The van der Waals surface area contributed by atoms with E-state index in [1.807, 2.05) is 42.5 Å². The Morgan fingerprint density at radius 1 is 1.07 bits per heavy atom. The molecule has 2 aromatic heterocycles. The first-order valence-electron chi connectivity index (χ1n) is 12.9. The monoisotopic (exact) mass is 546 g/mol. The highest BCUT2D eigenvalue weighted by molar-refractivity contribution is 5.67. The Balaban J connectivity index is 1.12. The molecule has 0 aliphatic carbocycles. The zero-order chi connectivity index (χ0) is 27.5. The molecule has 0 radical (unpaired) electrons. The summed E-state index contributed by atoms with van der Waals surface area (Å²) in [6.07, 6.45) is -0.513. The van der Waals surface area contributed by atoms with Crippen LogP contribution in [0.4, 0.5) is 4.79 Å². The van der Waals surface area contributed by atoms with Gasteiger partial charge in [-0.1, -0.05) is 12.1 Å². The van der Waals surface area contributed by atoms with E-state index in [1.54, 1.807) is 23.6 Å². The van der Waals surface area contributed by atoms with Gasteiger partial charge in [-0.3, -0.25) is 4.57 Å². The number of carbonyl (C=O) groups is 1. The second kappa shape index (κ2) is 11.0. The lowest BCUT2D eigenvalue weighted by atomic mass is 9.97. The number of furan rings is 1. The fourth-order valence-electron chi connectivity index (χ4n) is 4.54. The third-order valence-corrected chi connectivity index (χ3v) is 6.39. The van der Waals surface area contributed by atoms with Crippen LogP contribution in [0.5, 0.6) is 29.1 Å². The van der Waals surface area contributed by atoms with E-state index < -0.39 is 6.16 Å². The molecule has 1 atom stereocenters. The zero-order valence-corrected chi connectivity index (χ0v) is 21.7. The number of hydrogen-bond acceptors (Lipinski definition) is 10. The summed E-state index contributed by atoms with van der Waals surface area (Å²) >= 11 is 0. The molecule has 0 bridgehead atoms. The second-order valence-electron chi connectivity index (χ2n) is 9.09. The van der Waals surface area contributed by atoms with Crippen molar-refractivity contribution in [3.63, 3.8) is 0 Å². The molecule has 4 heterocycles. The Labute approximate surface area is 228 Å². The fourth-order valence-corrected chi connectivity index (χ4v) is 4.54. The maximum absolute atomic E-state index is 12.8. The van der Waals surface area contributed by atoms with Gasteiger partial charge < -0.3 is 32.8 Å². The SMILES string of the molecule is CCOC(=O)Oc1ccc(COc2ccc3c(c2)CCn2c-3cc(OCC3COc4ccccc4O3)nc2=O)o1. The Bertz CT molecular complexity index is 1590. The lowest BCUT2D eigenvalue weighted by molar-refractivity contribution is 0.0520. The Morgan fingerprint density at radius 2 is 1.95 bits per heavy atom. The summed E-state index contributed by atoms with van der Waals surface area (Å²) in [7, 11) is 0. The van der Waals surface area contributed by atoms with Crippen molar-refractivity contribution in [1.29, 1.82) is 0 Å². The molecular formula is C29H26N2O9. The molecule has 0 fully saturated rings. The van der Waals surface area contributed by atoms with Crippen LogP contribution < -0.4 is 29.4 Å². The van der Waals surface area contributed by atoms with Crippen LogP contribution in [0.15, 0.2) is 69.9 Å². The van der Waals surface area contributed by atoms with Gasteiger partial charge in [-0.25, -0.2) is 9.59 Å². The van der Waals surface area contributed by atoms with Gasteiger partial charge in [0.1, 0.15) is 31.3 Å². The van der Waals surface area contributed by atoms with E-state index in [0.29, 0.717) is 42.6 Å². The van der Waals surface area contributed by atoms with Gasteiger partial charge in [0.15, 0.2) is 17.6 Å². The molecule has 206 valence electrons. The van der Waals surface area contributed by atoms with Crippen LogP contribution in [0.2, 0.25) is 0 Å². The molecular weight excluding hydrogens is 520 g/mol. The summed E-state index contributed by atoms with van der Waals surface area (Å²) in [4.78, 5) is 28.3. The molecule has 6 rings (SSSR count).